The molecule has 0 unspecified atom stereocenters. The molecule has 0 saturated carbocycles. The van der Waals surface area contributed by atoms with Crippen molar-refractivity contribution >= 4 is 23.2 Å². The topological polar surface area (TPSA) is 49.3 Å². The molecular formula is C9H7ClFNO2. The summed E-state index contributed by atoms with van der Waals surface area (Å²) in [5.74, 6) is -1.11. The summed E-state index contributed by atoms with van der Waals surface area (Å²) in [5.41, 5.74) is 0.691. The molecule has 0 aliphatic carbocycles. The fraction of sp³-hybridized carbons (Fsp3) is 0.222. The summed E-state index contributed by atoms with van der Waals surface area (Å²) in [4.78, 5) is 11.0. The number of nitrogens with one attached hydrogen (secondary N) is 1. The first-order valence-corrected chi connectivity index (χ1v) is 4.47. The van der Waals surface area contributed by atoms with Crippen LogP contribution in [0.2, 0.25) is 5.02 Å². The second kappa shape index (κ2) is 3.13. The zero-order valence-corrected chi connectivity index (χ0v) is 7.86. The molecule has 1 aliphatic rings. The predicted octanol–water partition coefficient (Wildman–Crippen LogP) is 2.07. The number of rotatable bonds is 0. The summed E-state index contributed by atoms with van der Waals surface area (Å²) in [6.07, 6.45) is 0.662. The van der Waals surface area contributed by atoms with Gasteiger partial charge in [0.1, 0.15) is 16.6 Å². The summed E-state index contributed by atoms with van der Waals surface area (Å²) in [6.45, 7) is 0. The Morgan fingerprint density at radius 3 is 2.93 bits per heavy atom. The molecule has 74 valence electrons. The number of aromatic hydroxyl groups is 1. The van der Waals surface area contributed by atoms with Crippen LogP contribution in [0.1, 0.15) is 12.0 Å². The second-order valence-electron chi connectivity index (χ2n) is 3.09. The van der Waals surface area contributed by atoms with Crippen molar-refractivity contribution in [3.8, 4) is 5.75 Å². The molecule has 3 nitrogen and oxygen atoms in total. The summed E-state index contributed by atoms with van der Waals surface area (Å²) < 4.78 is 13.1. The van der Waals surface area contributed by atoms with Crippen LogP contribution in [-0.4, -0.2) is 11.0 Å². The van der Waals surface area contributed by atoms with E-state index in [4.69, 9.17) is 11.6 Å². The number of carbonyl (C=O) groups excluding carboxylic acids is 1. The van der Waals surface area contributed by atoms with Gasteiger partial charge >= 0.3 is 0 Å². The van der Waals surface area contributed by atoms with Gasteiger partial charge in [0.2, 0.25) is 5.91 Å². The van der Waals surface area contributed by atoms with Crippen molar-refractivity contribution in [2.75, 3.05) is 5.32 Å². The first kappa shape index (κ1) is 9.27. The number of amides is 1. The third kappa shape index (κ3) is 1.32. The molecule has 0 saturated heterocycles. The van der Waals surface area contributed by atoms with Gasteiger partial charge in [-0.25, -0.2) is 4.39 Å². The molecule has 14 heavy (non-hydrogen) atoms. The van der Waals surface area contributed by atoms with E-state index in [0.717, 1.165) is 6.07 Å². The maximum atomic E-state index is 13.1. The summed E-state index contributed by atoms with van der Waals surface area (Å²) in [5, 5.41) is 11.7. The number of carbonyl (C=O) groups is 1. The molecular weight excluding hydrogens is 209 g/mol. The first-order valence-electron chi connectivity index (χ1n) is 4.09. The van der Waals surface area contributed by atoms with Crippen LogP contribution in [0.4, 0.5) is 10.1 Å². The van der Waals surface area contributed by atoms with E-state index >= 15 is 0 Å². The van der Waals surface area contributed by atoms with Crippen LogP contribution in [0, 0.1) is 5.82 Å². The van der Waals surface area contributed by atoms with Crippen molar-refractivity contribution in [3.63, 3.8) is 0 Å². The Bertz CT molecular complexity index is 420. The number of anilines is 1. The van der Waals surface area contributed by atoms with E-state index in [9.17, 15) is 14.3 Å². The Labute approximate surface area is 84.5 Å². The van der Waals surface area contributed by atoms with Gasteiger partial charge in [0.25, 0.3) is 0 Å². The Kier molecular flexibility index (Phi) is 2.07. The SMILES string of the molecule is O=C1CCc2c(O)cc(F)c(Cl)c2N1. The maximum absolute atomic E-state index is 13.1. The van der Waals surface area contributed by atoms with Crippen LogP contribution in [0.15, 0.2) is 6.07 Å². The van der Waals surface area contributed by atoms with Gasteiger partial charge in [0.15, 0.2) is 0 Å². The van der Waals surface area contributed by atoms with E-state index in [1.54, 1.807) is 0 Å². The lowest BCUT2D eigenvalue weighted by Gasteiger charge is -2.19. The molecule has 0 aromatic heterocycles. The molecule has 2 rings (SSSR count). The number of halogens is 2. The molecule has 5 heteroatoms. The van der Waals surface area contributed by atoms with E-state index in [0.29, 0.717) is 12.0 Å². The van der Waals surface area contributed by atoms with Crippen molar-refractivity contribution in [1.29, 1.82) is 0 Å². The molecule has 0 atom stereocenters. The third-order valence-electron chi connectivity index (χ3n) is 2.17. The fourth-order valence-electron chi connectivity index (χ4n) is 1.47. The van der Waals surface area contributed by atoms with Gasteiger partial charge in [-0.3, -0.25) is 4.79 Å². The summed E-state index contributed by atoms with van der Waals surface area (Å²) in [7, 11) is 0. The lowest BCUT2D eigenvalue weighted by Crippen LogP contribution is -2.19. The highest BCUT2D eigenvalue weighted by atomic mass is 35.5. The second-order valence-corrected chi connectivity index (χ2v) is 3.47. The molecule has 0 radical (unpaired) electrons. The fourth-order valence-corrected chi connectivity index (χ4v) is 1.69. The highest BCUT2D eigenvalue weighted by molar-refractivity contribution is 6.34. The Morgan fingerprint density at radius 1 is 1.50 bits per heavy atom. The average Bonchev–Trinajstić information content (AvgIpc) is 2.14. The number of phenolic OH excluding ortho intramolecular Hbond substituents is 1. The summed E-state index contributed by atoms with van der Waals surface area (Å²) in [6, 6.07) is 0.957. The standard InChI is InChI=1S/C9H7ClFNO2/c10-8-5(11)3-6(13)4-1-2-7(14)12-9(4)8/h3,13H,1-2H2,(H,12,14). The highest BCUT2D eigenvalue weighted by Crippen LogP contribution is 2.38. The largest absolute Gasteiger partial charge is 0.507 e. The molecule has 1 aliphatic heterocycles. The Hall–Kier alpha value is -1.29. The summed E-state index contributed by atoms with van der Waals surface area (Å²) >= 11 is 5.65. The zero-order valence-electron chi connectivity index (χ0n) is 7.10. The number of fused-ring (bicyclic) bond motifs is 1. The van der Waals surface area contributed by atoms with Crippen molar-refractivity contribution in [2.24, 2.45) is 0 Å². The number of hydrogen-bond acceptors (Lipinski definition) is 2. The van der Waals surface area contributed by atoms with E-state index in [1.165, 1.54) is 0 Å². The van der Waals surface area contributed by atoms with Gasteiger partial charge in [-0.05, 0) is 6.42 Å². The molecule has 0 bridgehead atoms. The lowest BCUT2D eigenvalue weighted by molar-refractivity contribution is -0.116. The molecule has 2 N–H and O–H groups in total. The average molecular weight is 216 g/mol. The van der Waals surface area contributed by atoms with Crippen LogP contribution in [0.3, 0.4) is 0 Å². The number of benzene rings is 1. The lowest BCUT2D eigenvalue weighted by atomic mass is 10.0. The monoisotopic (exact) mass is 215 g/mol. The van der Waals surface area contributed by atoms with Gasteiger partial charge in [-0.15, -0.1) is 0 Å². The minimum atomic E-state index is -0.731. The number of phenols is 1. The minimum absolute atomic E-state index is 0.147. The van der Waals surface area contributed by atoms with E-state index in [-0.39, 0.29) is 28.8 Å². The Balaban J connectivity index is 2.63. The molecule has 0 fully saturated rings. The zero-order chi connectivity index (χ0) is 10.3. The molecule has 1 heterocycles. The smallest absolute Gasteiger partial charge is 0.224 e. The minimum Gasteiger partial charge on any atom is -0.507 e. The third-order valence-corrected chi connectivity index (χ3v) is 2.54. The highest BCUT2D eigenvalue weighted by Gasteiger charge is 2.22. The van der Waals surface area contributed by atoms with E-state index in [2.05, 4.69) is 5.32 Å². The van der Waals surface area contributed by atoms with Crippen molar-refractivity contribution in [3.05, 3.63) is 22.5 Å². The van der Waals surface area contributed by atoms with Gasteiger partial charge in [-0.2, -0.15) is 0 Å². The van der Waals surface area contributed by atoms with Crippen LogP contribution < -0.4 is 5.32 Å². The normalized spacial score (nSPS) is 14.9. The predicted molar refractivity (Wildman–Crippen MR) is 50.0 cm³/mol. The quantitative estimate of drug-likeness (QED) is 0.696. The van der Waals surface area contributed by atoms with Gasteiger partial charge in [-0.1, -0.05) is 11.6 Å². The van der Waals surface area contributed by atoms with Crippen LogP contribution >= 0.6 is 11.6 Å². The van der Waals surface area contributed by atoms with Crippen LogP contribution in [0.25, 0.3) is 0 Å². The van der Waals surface area contributed by atoms with Crippen molar-refractivity contribution in [1.82, 2.24) is 0 Å². The molecule has 0 spiro atoms. The van der Waals surface area contributed by atoms with Crippen molar-refractivity contribution < 1.29 is 14.3 Å². The van der Waals surface area contributed by atoms with E-state index < -0.39 is 5.82 Å². The molecule has 1 aromatic carbocycles. The van der Waals surface area contributed by atoms with Gasteiger partial charge in [0.05, 0.1) is 5.69 Å². The Morgan fingerprint density at radius 2 is 2.21 bits per heavy atom. The molecule has 1 aromatic rings. The van der Waals surface area contributed by atoms with E-state index in [1.807, 2.05) is 0 Å². The molecule has 1 amide bonds. The number of hydrogen-bond donors (Lipinski definition) is 2. The van der Waals surface area contributed by atoms with Gasteiger partial charge in [0, 0.05) is 18.1 Å². The van der Waals surface area contributed by atoms with Gasteiger partial charge < -0.3 is 10.4 Å². The van der Waals surface area contributed by atoms with Crippen LogP contribution in [0.5, 0.6) is 5.75 Å². The maximum Gasteiger partial charge on any atom is 0.224 e. The van der Waals surface area contributed by atoms with Crippen LogP contribution in [-0.2, 0) is 11.2 Å². The van der Waals surface area contributed by atoms with Crippen molar-refractivity contribution in [2.45, 2.75) is 12.8 Å². The first-order chi connectivity index (χ1) is 6.59.